The van der Waals surface area contributed by atoms with Gasteiger partial charge in [0, 0.05) is 31.9 Å². The zero-order valence-electron chi connectivity index (χ0n) is 13.7. The molecule has 2 amide bonds. The van der Waals surface area contributed by atoms with Crippen LogP contribution in [0.25, 0.3) is 0 Å². The fraction of sp³-hybridized carbons (Fsp3) is 0.294. The van der Waals surface area contributed by atoms with Gasteiger partial charge in [0.2, 0.25) is 11.8 Å². The zero-order chi connectivity index (χ0) is 18.9. The number of likely N-dealkylation sites (N-methyl/N-ethyl adjacent to an activating group) is 1. The van der Waals surface area contributed by atoms with E-state index in [2.05, 4.69) is 15.3 Å². The van der Waals surface area contributed by atoms with Crippen LogP contribution in [0.15, 0.2) is 42.9 Å². The van der Waals surface area contributed by atoms with Gasteiger partial charge in [-0.1, -0.05) is 12.1 Å². The third kappa shape index (κ3) is 3.51. The van der Waals surface area contributed by atoms with Crippen LogP contribution in [-0.2, 0) is 15.8 Å². The number of anilines is 1. The number of benzene rings is 1. The lowest BCUT2D eigenvalue weighted by Crippen LogP contribution is -2.33. The van der Waals surface area contributed by atoms with Crippen molar-refractivity contribution in [1.82, 2.24) is 14.9 Å². The Morgan fingerprint density at radius 1 is 1.23 bits per heavy atom. The molecule has 1 aliphatic heterocycles. The summed E-state index contributed by atoms with van der Waals surface area (Å²) in [4.78, 5) is 34.1. The molecule has 1 N–H and O–H groups in total. The van der Waals surface area contributed by atoms with Gasteiger partial charge in [0.25, 0.3) is 0 Å². The molecule has 0 radical (unpaired) electrons. The molecule has 2 aromatic rings. The molecular weight excluding hydrogens is 349 g/mol. The first-order valence-electron chi connectivity index (χ1n) is 7.76. The van der Waals surface area contributed by atoms with E-state index >= 15 is 0 Å². The van der Waals surface area contributed by atoms with Crippen LogP contribution < -0.4 is 5.32 Å². The second-order valence-corrected chi connectivity index (χ2v) is 6.00. The molecule has 1 aliphatic rings. The van der Waals surface area contributed by atoms with Crippen LogP contribution in [0.5, 0.6) is 0 Å². The Bertz CT molecular complexity index is 809. The molecule has 0 saturated carbocycles. The number of likely N-dealkylation sites (tertiary alicyclic amines) is 1. The Kier molecular flexibility index (Phi) is 4.62. The molecule has 1 aromatic carbocycles. The maximum atomic E-state index is 12.7. The van der Waals surface area contributed by atoms with Gasteiger partial charge in [0.1, 0.15) is 5.92 Å². The Labute approximate surface area is 147 Å². The maximum absolute atomic E-state index is 12.7. The number of hydrogen-bond donors (Lipinski definition) is 1. The van der Waals surface area contributed by atoms with Crippen molar-refractivity contribution in [2.45, 2.75) is 12.1 Å². The number of nitrogens with zero attached hydrogens (tertiary/aromatic N) is 3. The van der Waals surface area contributed by atoms with Gasteiger partial charge in [-0.3, -0.25) is 14.6 Å². The Balaban J connectivity index is 1.85. The summed E-state index contributed by atoms with van der Waals surface area (Å²) < 4.78 is 38.2. The first-order chi connectivity index (χ1) is 12.3. The SMILES string of the molecule is CN1C[C@@H](c2ccc(C(F)(F)F)cc2)[C@H](C(=O)Nc2cnccn2)C1=O. The van der Waals surface area contributed by atoms with Crippen molar-refractivity contribution in [3.8, 4) is 0 Å². The van der Waals surface area contributed by atoms with Crippen molar-refractivity contribution in [2.24, 2.45) is 5.92 Å². The van der Waals surface area contributed by atoms with Crippen LogP contribution in [-0.4, -0.2) is 40.3 Å². The summed E-state index contributed by atoms with van der Waals surface area (Å²) in [6, 6.07) is 4.52. The van der Waals surface area contributed by atoms with Crippen molar-refractivity contribution in [2.75, 3.05) is 18.9 Å². The first kappa shape index (κ1) is 17.8. The summed E-state index contributed by atoms with van der Waals surface area (Å²) in [6.45, 7) is 0.239. The normalized spacial score (nSPS) is 20.3. The number of carbonyl (C=O) groups is 2. The highest BCUT2D eigenvalue weighted by atomic mass is 19.4. The summed E-state index contributed by atoms with van der Waals surface area (Å²) in [6.07, 6.45) is -0.265. The number of nitrogens with one attached hydrogen (secondary N) is 1. The van der Waals surface area contributed by atoms with Crippen molar-refractivity contribution >= 4 is 17.6 Å². The predicted octanol–water partition coefficient (Wildman–Crippen LogP) is 2.31. The van der Waals surface area contributed by atoms with Gasteiger partial charge in [-0.15, -0.1) is 0 Å². The minimum absolute atomic E-state index is 0.200. The molecule has 0 bridgehead atoms. The summed E-state index contributed by atoms with van der Waals surface area (Å²) in [5.41, 5.74) is -0.283. The largest absolute Gasteiger partial charge is 0.416 e. The minimum Gasteiger partial charge on any atom is -0.344 e. The van der Waals surface area contributed by atoms with Gasteiger partial charge in [0.15, 0.2) is 5.82 Å². The van der Waals surface area contributed by atoms with Crippen LogP contribution in [0.2, 0.25) is 0 Å². The summed E-state index contributed by atoms with van der Waals surface area (Å²) in [7, 11) is 1.55. The Morgan fingerprint density at radius 3 is 2.50 bits per heavy atom. The molecule has 2 atom stereocenters. The minimum atomic E-state index is -4.44. The fourth-order valence-electron chi connectivity index (χ4n) is 2.98. The number of halogens is 3. The lowest BCUT2D eigenvalue weighted by molar-refractivity contribution is -0.138. The van der Waals surface area contributed by atoms with Crippen LogP contribution in [0.4, 0.5) is 19.0 Å². The molecule has 2 heterocycles. The highest BCUT2D eigenvalue weighted by Crippen LogP contribution is 2.36. The number of carbonyl (C=O) groups excluding carboxylic acids is 2. The van der Waals surface area contributed by atoms with Gasteiger partial charge < -0.3 is 10.2 Å². The molecule has 0 aliphatic carbocycles. The van der Waals surface area contributed by atoms with E-state index in [1.165, 1.54) is 35.6 Å². The van der Waals surface area contributed by atoms with E-state index in [9.17, 15) is 22.8 Å². The Hall–Kier alpha value is -2.97. The van der Waals surface area contributed by atoms with Crippen molar-refractivity contribution in [3.63, 3.8) is 0 Å². The highest BCUT2D eigenvalue weighted by Gasteiger charge is 2.44. The average molecular weight is 364 g/mol. The molecule has 0 unspecified atom stereocenters. The van der Waals surface area contributed by atoms with E-state index in [0.717, 1.165) is 12.1 Å². The molecule has 1 aromatic heterocycles. The first-order valence-corrected chi connectivity index (χ1v) is 7.76. The van der Waals surface area contributed by atoms with Crippen molar-refractivity contribution in [3.05, 3.63) is 54.0 Å². The Morgan fingerprint density at radius 2 is 1.92 bits per heavy atom. The molecule has 3 rings (SSSR count). The van der Waals surface area contributed by atoms with Gasteiger partial charge in [-0.05, 0) is 17.7 Å². The van der Waals surface area contributed by atoms with E-state index in [1.807, 2.05) is 0 Å². The average Bonchev–Trinajstić information content (AvgIpc) is 2.90. The monoisotopic (exact) mass is 364 g/mol. The molecule has 136 valence electrons. The third-order valence-electron chi connectivity index (χ3n) is 4.28. The second-order valence-electron chi connectivity index (χ2n) is 6.00. The van der Waals surface area contributed by atoms with Gasteiger partial charge in [-0.2, -0.15) is 13.2 Å². The topological polar surface area (TPSA) is 75.2 Å². The summed E-state index contributed by atoms with van der Waals surface area (Å²) >= 11 is 0. The van der Waals surface area contributed by atoms with Crippen molar-refractivity contribution < 1.29 is 22.8 Å². The zero-order valence-corrected chi connectivity index (χ0v) is 13.7. The predicted molar refractivity (Wildman–Crippen MR) is 86.0 cm³/mol. The molecule has 1 saturated heterocycles. The lowest BCUT2D eigenvalue weighted by atomic mass is 9.87. The number of hydrogen-bond acceptors (Lipinski definition) is 4. The van der Waals surface area contributed by atoms with Gasteiger partial charge >= 0.3 is 6.18 Å². The molecule has 26 heavy (non-hydrogen) atoms. The van der Waals surface area contributed by atoms with Crippen LogP contribution in [0.1, 0.15) is 17.0 Å². The van der Waals surface area contributed by atoms with E-state index in [-0.39, 0.29) is 12.4 Å². The van der Waals surface area contributed by atoms with Crippen molar-refractivity contribution in [1.29, 1.82) is 0 Å². The molecule has 1 fully saturated rings. The molecule has 6 nitrogen and oxygen atoms in total. The fourth-order valence-corrected chi connectivity index (χ4v) is 2.98. The van der Waals surface area contributed by atoms with E-state index in [1.54, 1.807) is 7.05 Å². The van der Waals surface area contributed by atoms with Crippen LogP contribution in [0, 0.1) is 5.92 Å². The van der Waals surface area contributed by atoms with E-state index in [4.69, 9.17) is 0 Å². The number of amides is 2. The molecular formula is C17H15F3N4O2. The number of aromatic nitrogens is 2. The quantitative estimate of drug-likeness (QED) is 0.848. The smallest absolute Gasteiger partial charge is 0.344 e. The summed E-state index contributed by atoms with van der Waals surface area (Å²) in [5, 5.41) is 2.53. The number of alkyl halides is 3. The standard InChI is InChI=1S/C17H15F3N4O2/c1-24-9-12(10-2-4-11(5-3-10)17(18,19)20)14(16(24)26)15(25)23-13-8-21-6-7-22-13/h2-8,12,14H,9H2,1H3,(H,22,23,25)/t12-,14+/m0/s1. The van der Waals surface area contributed by atoms with Crippen LogP contribution in [0.3, 0.4) is 0 Å². The summed E-state index contributed by atoms with van der Waals surface area (Å²) in [5.74, 6) is -2.35. The molecule has 0 spiro atoms. The van der Waals surface area contributed by atoms with E-state index < -0.39 is 35.4 Å². The lowest BCUT2D eigenvalue weighted by Gasteiger charge is -2.17. The second kappa shape index (κ2) is 6.74. The van der Waals surface area contributed by atoms with Gasteiger partial charge in [-0.25, -0.2) is 4.98 Å². The number of rotatable bonds is 3. The van der Waals surface area contributed by atoms with Gasteiger partial charge in [0.05, 0.1) is 11.8 Å². The van der Waals surface area contributed by atoms with E-state index in [0.29, 0.717) is 5.56 Å². The third-order valence-corrected chi connectivity index (χ3v) is 4.28. The highest BCUT2D eigenvalue weighted by molar-refractivity contribution is 6.08. The molecule has 9 heteroatoms. The maximum Gasteiger partial charge on any atom is 0.416 e. The van der Waals surface area contributed by atoms with Crippen LogP contribution >= 0.6 is 0 Å².